The SMILES string of the molecule is CCOC(C1CC1)C(O)c1ccc(OC2CC2)cc1. The van der Waals surface area contributed by atoms with Gasteiger partial charge in [0, 0.05) is 6.61 Å². The molecule has 0 aromatic heterocycles. The Bertz CT molecular complexity index is 407. The molecule has 1 aromatic rings. The summed E-state index contributed by atoms with van der Waals surface area (Å²) in [6, 6.07) is 7.81. The van der Waals surface area contributed by atoms with Crippen LogP contribution in [0.2, 0.25) is 0 Å². The van der Waals surface area contributed by atoms with Gasteiger partial charge in [-0.25, -0.2) is 0 Å². The summed E-state index contributed by atoms with van der Waals surface area (Å²) >= 11 is 0. The van der Waals surface area contributed by atoms with Crippen LogP contribution in [0.5, 0.6) is 5.75 Å². The van der Waals surface area contributed by atoms with Crippen LogP contribution in [0, 0.1) is 5.92 Å². The molecule has 0 saturated heterocycles. The van der Waals surface area contributed by atoms with E-state index in [1.165, 1.54) is 25.7 Å². The fourth-order valence-corrected chi connectivity index (χ4v) is 2.41. The van der Waals surface area contributed by atoms with Crippen molar-refractivity contribution in [1.29, 1.82) is 0 Å². The molecule has 3 nitrogen and oxygen atoms in total. The number of rotatable bonds is 7. The molecule has 3 rings (SSSR count). The molecule has 2 aliphatic rings. The third kappa shape index (κ3) is 3.28. The minimum Gasteiger partial charge on any atom is -0.490 e. The molecule has 0 heterocycles. The van der Waals surface area contributed by atoms with Gasteiger partial charge in [0.05, 0.1) is 12.2 Å². The van der Waals surface area contributed by atoms with Crippen molar-refractivity contribution in [2.45, 2.75) is 50.9 Å². The first kappa shape index (κ1) is 12.9. The number of benzene rings is 1. The molecule has 19 heavy (non-hydrogen) atoms. The Morgan fingerprint density at radius 1 is 1.16 bits per heavy atom. The highest BCUT2D eigenvalue weighted by Crippen LogP contribution is 2.40. The van der Waals surface area contributed by atoms with E-state index in [1.54, 1.807) is 0 Å². The van der Waals surface area contributed by atoms with Gasteiger partial charge in [-0.2, -0.15) is 0 Å². The van der Waals surface area contributed by atoms with Crippen LogP contribution in [0.3, 0.4) is 0 Å². The van der Waals surface area contributed by atoms with E-state index in [4.69, 9.17) is 9.47 Å². The highest BCUT2D eigenvalue weighted by Gasteiger charge is 2.37. The van der Waals surface area contributed by atoms with E-state index >= 15 is 0 Å². The second kappa shape index (κ2) is 5.51. The summed E-state index contributed by atoms with van der Waals surface area (Å²) in [5.74, 6) is 1.43. The lowest BCUT2D eigenvalue weighted by molar-refractivity contribution is -0.0462. The summed E-state index contributed by atoms with van der Waals surface area (Å²) in [4.78, 5) is 0. The van der Waals surface area contributed by atoms with E-state index < -0.39 is 6.10 Å². The molecule has 104 valence electrons. The smallest absolute Gasteiger partial charge is 0.119 e. The third-order valence-corrected chi connectivity index (χ3v) is 3.81. The first-order chi connectivity index (χ1) is 9.28. The Morgan fingerprint density at radius 2 is 1.84 bits per heavy atom. The van der Waals surface area contributed by atoms with Crippen LogP contribution in [0.25, 0.3) is 0 Å². The number of aliphatic hydroxyl groups excluding tert-OH is 1. The van der Waals surface area contributed by atoms with Gasteiger partial charge in [-0.1, -0.05) is 12.1 Å². The van der Waals surface area contributed by atoms with E-state index in [2.05, 4.69) is 0 Å². The topological polar surface area (TPSA) is 38.7 Å². The van der Waals surface area contributed by atoms with E-state index in [9.17, 15) is 5.11 Å². The number of hydrogen-bond donors (Lipinski definition) is 1. The monoisotopic (exact) mass is 262 g/mol. The van der Waals surface area contributed by atoms with Gasteiger partial charge < -0.3 is 14.6 Å². The minimum atomic E-state index is -0.526. The maximum absolute atomic E-state index is 10.4. The Morgan fingerprint density at radius 3 is 2.37 bits per heavy atom. The zero-order valence-electron chi connectivity index (χ0n) is 11.4. The molecule has 0 spiro atoms. The van der Waals surface area contributed by atoms with Gasteiger partial charge in [-0.15, -0.1) is 0 Å². The van der Waals surface area contributed by atoms with Crippen molar-refractivity contribution in [3.63, 3.8) is 0 Å². The lowest BCUT2D eigenvalue weighted by atomic mass is 10.0. The maximum atomic E-state index is 10.4. The van der Waals surface area contributed by atoms with Crippen molar-refractivity contribution in [3.8, 4) is 5.75 Å². The van der Waals surface area contributed by atoms with Gasteiger partial charge in [0.15, 0.2) is 0 Å². The molecule has 2 aliphatic carbocycles. The second-order valence-corrected chi connectivity index (χ2v) is 5.59. The Labute approximate surface area is 114 Å². The molecule has 0 aliphatic heterocycles. The lowest BCUT2D eigenvalue weighted by Crippen LogP contribution is -2.24. The van der Waals surface area contributed by atoms with Crippen molar-refractivity contribution in [3.05, 3.63) is 29.8 Å². The molecule has 0 amide bonds. The van der Waals surface area contributed by atoms with Crippen molar-refractivity contribution < 1.29 is 14.6 Å². The lowest BCUT2D eigenvalue weighted by Gasteiger charge is -2.23. The van der Waals surface area contributed by atoms with Crippen LogP contribution >= 0.6 is 0 Å². The molecule has 2 saturated carbocycles. The van der Waals surface area contributed by atoms with Crippen molar-refractivity contribution >= 4 is 0 Å². The molecule has 2 fully saturated rings. The summed E-state index contributed by atoms with van der Waals surface area (Å²) in [6.45, 7) is 2.63. The summed E-state index contributed by atoms with van der Waals surface area (Å²) in [7, 11) is 0. The van der Waals surface area contributed by atoms with E-state index in [0.29, 0.717) is 18.6 Å². The molecule has 0 bridgehead atoms. The normalized spacial score (nSPS) is 22.0. The largest absolute Gasteiger partial charge is 0.490 e. The summed E-state index contributed by atoms with van der Waals surface area (Å²) < 4.78 is 11.4. The van der Waals surface area contributed by atoms with Crippen LogP contribution in [0.4, 0.5) is 0 Å². The second-order valence-electron chi connectivity index (χ2n) is 5.59. The van der Waals surface area contributed by atoms with Crippen LogP contribution in [0.15, 0.2) is 24.3 Å². The van der Waals surface area contributed by atoms with Crippen LogP contribution in [-0.4, -0.2) is 23.9 Å². The minimum absolute atomic E-state index is 0.0554. The quantitative estimate of drug-likeness (QED) is 0.820. The fourth-order valence-electron chi connectivity index (χ4n) is 2.41. The Balaban J connectivity index is 1.65. The van der Waals surface area contributed by atoms with Gasteiger partial charge >= 0.3 is 0 Å². The van der Waals surface area contributed by atoms with Gasteiger partial charge in [0.1, 0.15) is 11.9 Å². The molecule has 0 radical (unpaired) electrons. The Hall–Kier alpha value is -1.06. The summed E-state index contributed by atoms with van der Waals surface area (Å²) in [5, 5.41) is 10.4. The van der Waals surface area contributed by atoms with Crippen LogP contribution < -0.4 is 4.74 Å². The first-order valence-electron chi connectivity index (χ1n) is 7.34. The summed E-state index contributed by atoms with van der Waals surface area (Å²) in [6.07, 6.45) is 4.51. The zero-order valence-corrected chi connectivity index (χ0v) is 11.4. The molecule has 1 aromatic carbocycles. The van der Waals surface area contributed by atoms with Gasteiger partial charge in [0.2, 0.25) is 0 Å². The molecule has 2 unspecified atom stereocenters. The highest BCUT2D eigenvalue weighted by atomic mass is 16.5. The van der Waals surface area contributed by atoms with Crippen molar-refractivity contribution in [1.82, 2.24) is 0 Å². The molecule has 3 heteroatoms. The van der Waals surface area contributed by atoms with Crippen LogP contribution in [0.1, 0.15) is 44.3 Å². The predicted molar refractivity (Wildman–Crippen MR) is 73.2 cm³/mol. The van der Waals surface area contributed by atoms with Crippen molar-refractivity contribution in [2.24, 2.45) is 5.92 Å². The first-order valence-corrected chi connectivity index (χ1v) is 7.34. The highest BCUT2D eigenvalue weighted by molar-refractivity contribution is 5.29. The van der Waals surface area contributed by atoms with E-state index in [0.717, 1.165) is 11.3 Å². The maximum Gasteiger partial charge on any atom is 0.119 e. The van der Waals surface area contributed by atoms with Crippen molar-refractivity contribution in [2.75, 3.05) is 6.61 Å². The third-order valence-electron chi connectivity index (χ3n) is 3.81. The number of hydrogen-bond acceptors (Lipinski definition) is 3. The number of aliphatic hydroxyl groups is 1. The number of ether oxygens (including phenoxy) is 2. The summed E-state index contributed by atoms with van der Waals surface area (Å²) in [5.41, 5.74) is 0.925. The average Bonchev–Trinajstić information content (AvgIpc) is 3.29. The van der Waals surface area contributed by atoms with E-state index in [-0.39, 0.29) is 6.10 Å². The standard InChI is InChI=1S/C16H22O3/c1-2-18-16(12-3-4-12)15(17)11-5-7-13(8-6-11)19-14-9-10-14/h5-8,12,14-17H,2-4,9-10H2,1H3. The van der Waals surface area contributed by atoms with Gasteiger partial charge in [-0.05, 0) is 56.2 Å². The van der Waals surface area contributed by atoms with Gasteiger partial charge in [-0.3, -0.25) is 0 Å². The predicted octanol–water partition coefficient (Wildman–Crippen LogP) is 3.08. The molecular weight excluding hydrogens is 240 g/mol. The fraction of sp³-hybridized carbons (Fsp3) is 0.625. The Kier molecular flexibility index (Phi) is 3.76. The van der Waals surface area contributed by atoms with E-state index in [1.807, 2.05) is 31.2 Å². The molecule has 1 N–H and O–H groups in total. The average molecular weight is 262 g/mol. The zero-order chi connectivity index (χ0) is 13.2. The van der Waals surface area contributed by atoms with Gasteiger partial charge in [0.25, 0.3) is 0 Å². The molecular formula is C16H22O3. The van der Waals surface area contributed by atoms with Crippen LogP contribution in [-0.2, 0) is 4.74 Å². The molecule has 2 atom stereocenters.